The number of nitrogens with zero attached hydrogens (tertiary/aromatic N) is 2. The molecule has 1 aromatic carbocycles. The zero-order chi connectivity index (χ0) is 11.2. The van der Waals surface area contributed by atoms with E-state index in [-0.39, 0.29) is 0 Å². The van der Waals surface area contributed by atoms with Crippen LogP contribution in [-0.4, -0.2) is 13.3 Å². The summed E-state index contributed by atoms with van der Waals surface area (Å²) in [5.41, 5.74) is 0. The fraction of sp³-hybridized carbons (Fsp3) is 0.111. The first kappa shape index (κ1) is 11.5. The van der Waals surface area contributed by atoms with Crippen molar-refractivity contribution in [1.29, 1.82) is 0 Å². The molecule has 0 saturated carbocycles. The first-order valence-electron chi connectivity index (χ1n) is 4.73. The van der Waals surface area contributed by atoms with E-state index < -0.39 is 7.85 Å². The minimum absolute atomic E-state index is 0.461. The van der Waals surface area contributed by atoms with E-state index in [0.29, 0.717) is 8.51 Å². The van der Waals surface area contributed by atoms with Crippen molar-refractivity contribution in [1.82, 2.24) is 13.3 Å². The zero-order valence-electron chi connectivity index (χ0n) is 8.58. The SMILES string of the molecule is C=CCp1[nH][pH]npn1Oc1ccccc1. The van der Waals surface area contributed by atoms with Crippen LogP contribution in [0.25, 0.3) is 0 Å². The van der Waals surface area contributed by atoms with Crippen LogP contribution in [0, 0.1) is 0 Å². The molecule has 4 nitrogen and oxygen atoms in total. The lowest BCUT2D eigenvalue weighted by Crippen LogP contribution is -2.00. The lowest BCUT2D eigenvalue weighted by molar-refractivity contribution is 0.274. The van der Waals surface area contributed by atoms with Gasteiger partial charge in [-0.1, -0.05) is 24.3 Å². The summed E-state index contributed by atoms with van der Waals surface area (Å²) in [5.74, 6) is 0.841. The molecule has 7 heteroatoms. The monoisotopic (exact) mass is 271 g/mol. The largest absolute Gasteiger partial charge is 0.366 e. The number of nitrogens with one attached hydrogen (secondary N) is 1. The molecular formula is C9H12N3OP3. The van der Waals surface area contributed by atoms with E-state index in [0.717, 1.165) is 20.4 Å². The Labute approximate surface area is 98.3 Å². The highest BCUT2D eigenvalue weighted by molar-refractivity contribution is 7.53. The van der Waals surface area contributed by atoms with Gasteiger partial charge in [0.15, 0.2) is 14.3 Å². The van der Waals surface area contributed by atoms with Crippen LogP contribution in [0.3, 0.4) is 0 Å². The van der Waals surface area contributed by atoms with Gasteiger partial charge in [0.25, 0.3) is 0 Å². The fourth-order valence-corrected chi connectivity index (χ4v) is 5.42. The maximum Gasteiger partial charge on any atom is 0.182 e. The molecular weight excluding hydrogens is 259 g/mol. The third-order valence-electron chi connectivity index (χ3n) is 1.79. The number of aromatic nitrogens is 3. The molecule has 0 saturated heterocycles. The summed E-state index contributed by atoms with van der Waals surface area (Å²) in [5, 5.41) is 0. The standard InChI is InChI=1S/C9H12N3OP3/c1-2-8-16-11-14-10-15-12(16)13-9-6-4-3-5-7-9/h2-7,11,14H,1,8H2. The molecule has 16 heavy (non-hydrogen) atoms. The number of aromatic amines is 1. The van der Waals surface area contributed by atoms with Gasteiger partial charge >= 0.3 is 0 Å². The second-order valence-electron chi connectivity index (χ2n) is 2.94. The first-order valence-corrected chi connectivity index (χ1v) is 7.95. The highest BCUT2D eigenvalue weighted by Crippen LogP contribution is 2.29. The molecule has 0 aliphatic rings. The van der Waals surface area contributed by atoms with Crippen LogP contribution < -0.4 is 4.84 Å². The normalized spacial score (nSPS) is 11.9. The molecule has 1 N–H and O–H groups in total. The molecule has 2 aromatic rings. The van der Waals surface area contributed by atoms with Crippen LogP contribution in [0.2, 0.25) is 0 Å². The summed E-state index contributed by atoms with van der Waals surface area (Å²) in [7, 11) is 0.825. The Balaban J connectivity index is 2.24. The van der Waals surface area contributed by atoms with Crippen molar-refractivity contribution in [3.05, 3.63) is 43.0 Å². The van der Waals surface area contributed by atoms with Crippen molar-refractivity contribution < 1.29 is 4.84 Å². The maximum atomic E-state index is 5.77. The van der Waals surface area contributed by atoms with Gasteiger partial charge < -0.3 is 9.35 Å². The van der Waals surface area contributed by atoms with Crippen molar-refractivity contribution in [3.63, 3.8) is 0 Å². The lowest BCUT2D eigenvalue weighted by Gasteiger charge is -2.11. The molecule has 2 atom stereocenters. The lowest BCUT2D eigenvalue weighted by atomic mass is 10.3. The van der Waals surface area contributed by atoms with Gasteiger partial charge in [0.05, 0.1) is 7.85 Å². The van der Waals surface area contributed by atoms with Gasteiger partial charge in [-0.15, -0.1) is 10.8 Å². The molecule has 0 fully saturated rings. The number of hydrogen-bond acceptors (Lipinski definition) is 2. The van der Waals surface area contributed by atoms with Crippen LogP contribution in [-0.2, 0) is 6.16 Å². The molecule has 2 unspecified atom stereocenters. The average molecular weight is 271 g/mol. The second-order valence-corrected chi connectivity index (χ2v) is 7.24. The van der Waals surface area contributed by atoms with E-state index in [4.69, 9.17) is 4.84 Å². The third kappa shape index (κ3) is 3.02. The second kappa shape index (κ2) is 5.96. The molecule has 84 valence electrons. The van der Waals surface area contributed by atoms with Crippen molar-refractivity contribution >= 4 is 24.9 Å². The Morgan fingerprint density at radius 3 is 3.12 bits per heavy atom. The molecule has 1 aromatic heterocycles. The molecule has 0 amide bonds. The zero-order valence-corrected chi connectivity index (χ0v) is 11.4. The average Bonchev–Trinajstić information content (AvgIpc) is 2.33. The topological polar surface area (TPSA) is 42.8 Å². The van der Waals surface area contributed by atoms with Crippen LogP contribution >= 0.6 is 24.9 Å². The number of H-pyrrole nitrogens is 1. The first-order chi connectivity index (χ1) is 7.90. The number of rotatable bonds is 4. The van der Waals surface area contributed by atoms with Gasteiger partial charge in [0.1, 0.15) is 0 Å². The molecule has 0 spiro atoms. The van der Waals surface area contributed by atoms with Crippen LogP contribution in [0.15, 0.2) is 43.0 Å². The minimum Gasteiger partial charge on any atom is -0.366 e. The molecule has 1 heterocycles. The molecule has 0 aliphatic carbocycles. The molecule has 0 aliphatic heterocycles. The van der Waals surface area contributed by atoms with Gasteiger partial charge in [-0.2, -0.15) is 4.51 Å². The number of para-hydroxylation sites is 1. The van der Waals surface area contributed by atoms with Crippen LogP contribution in [0.4, 0.5) is 0 Å². The summed E-state index contributed by atoms with van der Waals surface area (Å²) in [4.78, 5) is 5.77. The Morgan fingerprint density at radius 1 is 1.56 bits per heavy atom. The fourth-order valence-electron chi connectivity index (χ4n) is 1.11. The summed E-state index contributed by atoms with van der Waals surface area (Å²) in [6.45, 7) is 3.76. The van der Waals surface area contributed by atoms with Gasteiger partial charge in [-0.05, 0) is 12.1 Å². The van der Waals surface area contributed by atoms with Crippen molar-refractivity contribution in [2.75, 3.05) is 0 Å². The van der Waals surface area contributed by atoms with Crippen molar-refractivity contribution in [3.8, 4) is 5.75 Å². The van der Waals surface area contributed by atoms with Gasteiger partial charge in [0.2, 0.25) is 0 Å². The van der Waals surface area contributed by atoms with Gasteiger partial charge in [-0.3, -0.25) is 0 Å². The summed E-state index contributed by atoms with van der Waals surface area (Å²) in [6, 6.07) is 9.76. The predicted molar refractivity (Wildman–Crippen MR) is 71.6 cm³/mol. The van der Waals surface area contributed by atoms with E-state index in [1.54, 1.807) is 0 Å². The van der Waals surface area contributed by atoms with Gasteiger partial charge in [-0.25, -0.2) is 0 Å². The van der Waals surface area contributed by atoms with Gasteiger partial charge in [0, 0.05) is 14.7 Å². The predicted octanol–water partition coefficient (Wildman–Crippen LogP) is 3.96. The highest BCUT2D eigenvalue weighted by atomic mass is 31.2. The number of benzene rings is 1. The smallest absolute Gasteiger partial charge is 0.182 e. The highest BCUT2D eigenvalue weighted by Gasteiger charge is 2.00. The molecule has 0 radical (unpaired) electrons. The van der Waals surface area contributed by atoms with Crippen LogP contribution in [0.1, 0.15) is 0 Å². The van der Waals surface area contributed by atoms with E-state index in [9.17, 15) is 0 Å². The molecule has 0 bridgehead atoms. The summed E-state index contributed by atoms with van der Waals surface area (Å²) in [6.07, 6.45) is 2.81. The minimum atomic E-state index is -0.510. The molecule has 2 rings (SSSR count). The van der Waals surface area contributed by atoms with E-state index in [1.165, 1.54) is 0 Å². The Hall–Kier alpha value is -0.940. The third-order valence-corrected chi connectivity index (χ3v) is 6.20. The van der Waals surface area contributed by atoms with Crippen molar-refractivity contribution in [2.45, 2.75) is 6.16 Å². The van der Waals surface area contributed by atoms with Crippen LogP contribution in [0.5, 0.6) is 5.75 Å². The summed E-state index contributed by atoms with van der Waals surface area (Å²) >= 11 is 0. The van der Waals surface area contributed by atoms with E-state index >= 15 is 0 Å². The Bertz CT molecular complexity index is 480. The Morgan fingerprint density at radius 2 is 2.38 bits per heavy atom. The maximum absolute atomic E-state index is 5.77. The van der Waals surface area contributed by atoms with Crippen molar-refractivity contribution in [2.24, 2.45) is 0 Å². The quantitative estimate of drug-likeness (QED) is 0.855. The Kier molecular flexibility index (Phi) is 4.30. The van der Waals surface area contributed by atoms with E-state index in [1.807, 2.05) is 40.7 Å². The number of hydrogen-bond donors (Lipinski definition) is 1. The number of allylic oxidation sites excluding steroid dienone is 1. The summed E-state index contributed by atoms with van der Waals surface area (Å²) < 4.78 is 9.48. The van der Waals surface area contributed by atoms with E-state index in [2.05, 4.69) is 15.6 Å².